The Balaban J connectivity index is 1.19. The molecule has 244 valence electrons. The Kier molecular flexibility index (Phi) is 9.24. The van der Waals surface area contributed by atoms with Crippen molar-refractivity contribution in [2.75, 3.05) is 31.1 Å². The standard InChI is InChI=1S/C36H30F3N5O4/c37-27-16-24(17-28(38)19-27)15-25-18-31(35(47)44(21-25)22-26-3-1-2-4-32(26)39)33(45)20-34(46)36(48)42-13-11-41(12-14-42)29-5-7-30(8-6-29)43-10-9-40-23-43/h1-10,16-21,23,45H,11-15,22H2/b33-20-. The van der Waals surface area contributed by atoms with Crippen LogP contribution < -0.4 is 10.5 Å². The average molecular weight is 654 g/mol. The van der Waals surface area contributed by atoms with E-state index in [1.54, 1.807) is 18.6 Å². The summed E-state index contributed by atoms with van der Waals surface area (Å²) in [7, 11) is 0. The number of piperazine rings is 1. The van der Waals surface area contributed by atoms with E-state index in [-0.39, 0.29) is 42.7 Å². The van der Waals surface area contributed by atoms with Crippen LogP contribution in [0.25, 0.3) is 11.4 Å². The summed E-state index contributed by atoms with van der Waals surface area (Å²) < 4.78 is 45.3. The molecule has 9 nitrogen and oxygen atoms in total. The first-order valence-corrected chi connectivity index (χ1v) is 15.1. The van der Waals surface area contributed by atoms with Crippen molar-refractivity contribution in [2.24, 2.45) is 0 Å². The van der Waals surface area contributed by atoms with Crippen molar-refractivity contribution < 1.29 is 27.9 Å². The minimum absolute atomic E-state index is 0.0457. The van der Waals surface area contributed by atoms with Crippen LogP contribution >= 0.6 is 0 Å². The molecule has 1 amide bonds. The molecule has 1 N–H and O–H groups in total. The summed E-state index contributed by atoms with van der Waals surface area (Å²) in [5, 5.41) is 11.0. The van der Waals surface area contributed by atoms with Crippen molar-refractivity contribution in [3.05, 3.63) is 154 Å². The lowest BCUT2D eigenvalue weighted by Crippen LogP contribution is -2.50. The van der Waals surface area contributed by atoms with Crippen LogP contribution in [0.4, 0.5) is 18.9 Å². The molecule has 1 aliphatic rings. The normalized spacial score (nSPS) is 13.5. The molecule has 1 fully saturated rings. The van der Waals surface area contributed by atoms with Crippen molar-refractivity contribution in [3.8, 4) is 5.69 Å². The second-order valence-corrected chi connectivity index (χ2v) is 11.4. The molecule has 12 heteroatoms. The number of benzene rings is 3. The molecule has 0 bridgehead atoms. The summed E-state index contributed by atoms with van der Waals surface area (Å²) in [6, 6.07) is 18.0. The van der Waals surface area contributed by atoms with E-state index >= 15 is 0 Å². The number of amides is 1. The molecule has 0 spiro atoms. The van der Waals surface area contributed by atoms with Crippen LogP contribution in [0.1, 0.15) is 22.3 Å². The lowest BCUT2D eigenvalue weighted by atomic mass is 10.0. The maximum Gasteiger partial charge on any atom is 0.294 e. The number of ketones is 1. The van der Waals surface area contributed by atoms with E-state index in [1.165, 1.54) is 35.4 Å². The highest BCUT2D eigenvalue weighted by atomic mass is 19.1. The van der Waals surface area contributed by atoms with Gasteiger partial charge in [-0.25, -0.2) is 18.2 Å². The van der Waals surface area contributed by atoms with Crippen molar-refractivity contribution in [1.29, 1.82) is 0 Å². The molecule has 3 heterocycles. The number of nitrogens with zero attached hydrogens (tertiary/aromatic N) is 5. The fourth-order valence-electron chi connectivity index (χ4n) is 5.69. The van der Waals surface area contributed by atoms with E-state index in [9.17, 15) is 32.7 Å². The highest BCUT2D eigenvalue weighted by Gasteiger charge is 2.26. The maximum absolute atomic E-state index is 14.5. The van der Waals surface area contributed by atoms with E-state index in [2.05, 4.69) is 9.88 Å². The Morgan fingerprint density at radius 2 is 1.54 bits per heavy atom. The van der Waals surface area contributed by atoms with Gasteiger partial charge in [-0.05, 0) is 66.1 Å². The van der Waals surface area contributed by atoms with Crippen LogP contribution in [0.2, 0.25) is 0 Å². The second kappa shape index (κ2) is 13.8. The predicted molar refractivity (Wildman–Crippen MR) is 173 cm³/mol. The van der Waals surface area contributed by atoms with E-state index in [1.807, 2.05) is 35.0 Å². The molecular formula is C36H30F3N5O4. The Morgan fingerprint density at radius 1 is 0.854 bits per heavy atom. The van der Waals surface area contributed by atoms with Gasteiger partial charge in [-0.15, -0.1) is 0 Å². The number of rotatable bonds is 9. The fraction of sp³-hybridized carbons (Fsp3) is 0.167. The number of pyridine rings is 1. The first-order valence-electron chi connectivity index (χ1n) is 15.1. The van der Waals surface area contributed by atoms with Crippen LogP contribution in [0.5, 0.6) is 0 Å². The third-order valence-corrected chi connectivity index (χ3v) is 8.11. The molecule has 1 saturated heterocycles. The summed E-state index contributed by atoms with van der Waals surface area (Å²) in [5.74, 6) is -4.76. The second-order valence-electron chi connectivity index (χ2n) is 11.4. The summed E-state index contributed by atoms with van der Waals surface area (Å²) in [4.78, 5) is 47.1. The Morgan fingerprint density at radius 3 is 2.21 bits per heavy atom. The van der Waals surface area contributed by atoms with Gasteiger partial charge in [0.1, 0.15) is 23.2 Å². The topological polar surface area (TPSA) is 101 Å². The van der Waals surface area contributed by atoms with Gasteiger partial charge in [-0.3, -0.25) is 14.4 Å². The zero-order chi connectivity index (χ0) is 33.8. The smallest absolute Gasteiger partial charge is 0.294 e. The fourth-order valence-corrected chi connectivity index (χ4v) is 5.69. The van der Waals surface area contributed by atoms with Gasteiger partial charge in [0.15, 0.2) is 0 Å². The molecular weight excluding hydrogens is 623 g/mol. The zero-order valence-electron chi connectivity index (χ0n) is 25.6. The molecule has 1 aliphatic heterocycles. The van der Waals surface area contributed by atoms with E-state index in [0.29, 0.717) is 24.7 Å². The first-order chi connectivity index (χ1) is 23.1. The van der Waals surface area contributed by atoms with Gasteiger partial charge < -0.3 is 24.0 Å². The third-order valence-electron chi connectivity index (χ3n) is 8.11. The Bertz CT molecular complexity index is 2030. The SMILES string of the molecule is O=C(/C=C(\O)c1cc(Cc2cc(F)cc(F)c2)cn(Cc2ccccc2F)c1=O)C(=O)N1CCN(c2ccc(-n3ccnc3)cc2)CC1. The van der Waals surface area contributed by atoms with Gasteiger partial charge in [0.25, 0.3) is 11.5 Å². The number of imidazole rings is 1. The summed E-state index contributed by atoms with van der Waals surface area (Å²) >= 11 is 0. The molecule has 2 aromatic heterocycles. The number of aromatic nitrogens is 3. The average Bonchev–Trinajstić information content (AvgIpc) is 3.62. The number of aliphatic hydroxyl groups excluding tert-OH is 1. The lowest BCUT2D eigenvalue weighted by molar-refractivity contribution is -0.142. The van der Waals surface area contributed by atoms with Gasteiger partial charge in [0, 0.05) is 73.9 Å². The first kappa shape index (κ1) is 32.0. The zero-order valence-corrected chi connectivity index (χ0v) is 25.6. The molecule has 0 radical (unpaired) electrons. The summed E-state index contributed by atoms with van der Waals surface area (Å²) in [5.41, 5.74) is 1.61. The quantitative estimate of drug-likeness (QED) is 0.138. The minimum atomic E-state index is -1.02. The van der Waals surface area contributed by atoms with Gasteiger partial charge in [0.2, 0.25) is 5.78 Å². The molecule has 6 rings (SSSR count). The number of carbonyl (C=O) groups excluding carboxylic acids is 2. The van der Waals surface area contributed by atoms with E-state index in [0.717, 1.165) is 34.1 Å². The van der Waals surface area contributed by atoms with Crippen LogP contribution in [0.3, 0.4) is 0 Å². The summed E-state index contributed by atoms with van der Waals surface area (Å²) in [6.07, 6.45) is 7.29. The number of aliphatic hydroxyl groups is 1. The van der Waals surface area contributed by atoms with Gasteiger partial charge in [-0.2, -0.15) is 0 Å². The van der Waals surface area contributed by atoms with Crippen molar-refractivity contribution >= 4 is 23.1 Å². The molecule has 0 unspecified atom stereocenters. The molecule has 0 atom stereocenters. The van der Waals surface area contributed by atoms with Crippen LogP contribution in [0.15, 0.2) is 109 Å². The van der Waals surface area contributed by atoms with Crippen molar-refractivity contribution in [1.82, 2.24) is 19.0 Å². The molecule has 48 heavy (non-hydrogen) atoms. The van der Waals surface area contributed by atoms with Crippen molar-refractivity contribution in [3.63, 3.8) is 0 Å². The van der Waals surface area contributed by atoms with Crippen molar-refractivity contribution in [2.45, 2.75) is 13.0 Å². The number of carbonyl (C=O) groups is 2. The number of hydrogen-bond acceptors (Lipinski definition) is 6. The Labute approximate surface area is 273 Å². The van der Waals surface area contributed by atoms with Crippen LogP contribution in [-0.4, -0.2) is 62.0 Å². The predicted octanol–water partition coefficient (Wildman–Crippen LogP) is 4.91. The summed E-state index contributed by atoms with van der Waals surface area (Å²) in [6.45, 7) is 1.25. The maximum atomic E-state index is 14.5. The number of halogens is 3. The highest BCUT2D eigenvalue weighted by molar-refractivity contribution is 6.41. The highest BCUT2D eigenvalue weighted by Crippen LogP contribution is 2.21. The Hall–Kier alpha value is -5.91. The lowest BCUT2D eigenvalue weighted by Gasteiger charge is -2.35. The van der Waals surface area contributed by atoms with Gasteiger partial charge in [-0.1, -0.05) is 18.2 Å². The van der Waals surface area contributed by atoms with Crippen LogP contribution in [0, 0.1) is 17.5 Å². The molecule has 0 saturated carbocycles. The minimum Gasteiger partial charge on any atom is -0.507 e. The third kappa shape index (κ3) is 7.22. The molecule has 5 aromatic rings. The van der Waals surface area contributed by atoms with E-state index < -0.39 is 40.5 Å². The molecule has 0 aliphatic carbocycles. The van der Waals surface area contributed by atoms with Crippen LogP contribution in [-0.2, 0) is 22.6 Å². The number of anilines is 1. The molecule has 3 aromatic carbocycles. The number of hydrogen-bond donors (Lipinski definition) is 1. The van der Waals surface area contributed by atoms with Gasteiger partial charge in [0.05, 0.1) is 18.4 Å². The monoisotopic (exact) mass is 653 g/mol. The van der Waals surface area contributed by atoms with E-state index in [4.69, 9.17) is 0 Å². The largest absolute Gasteiger partial charge is 0.507 e. The van der Waals surface area contributed by atoms with Gasteiger partial charge >= 0.3 is 0 Å².